The van der Waals surface area contributed by atoms with Gasteiger partial charge in [-0.1, -0.05) is 13.3 Å². The Morgan fingerprint density at radius 2 is 1.84 bits per heavy atom. The molecule has 0 aromatic heterocycles. The predicted molar refractivity (Wildman–Crippen MR) is 106 cm³/mol. The molecule has 0 radical (unpaired) electrons. The van der Waals surface area contributed by atoms with Crippen molar-refractivity contribution in [3.05, 3.63) is 0 Å². The number of nitrogens with one attached hydrogen (secondary N) is 3. The van der Waals surface area contributed by atoms with Crippen molar-refractivity contribution in [3.8, 4) is 0 Å². The number of amides is 1. The van der Waals surface area contributed by atoms with Crippen LogP contribution < -0.4 is 16.0 Å². The van der Waals surface area contributed by atoms with Crippen LogP contribution in [-0.2, 0) is 15.6 Å². The normalized spacial score (nSPS) is 23.0. The number of hydrogen-bond donors (Lipinski definition) is 3. The van der Waals surface area contributed by atoms with Gasteiger partial charge in [-0.05, 0) is 47.0 Å². The van der Waals surface area contributed by atoms with Crippen molar-refractivity contribution < 1.29 is 9.00 Å². The first kappa shape index (κ1) is 21.9. The lowest BCUT2D eigenvalue weighted by Gasteiger charge is -2.30. The van der Waals surface area contributed by atoms with E-state index in [2.05, 4.69) is 20.9 Å². The number of aliphatic imine (C=N–C) groups is 1. The van der Waals surface area contributed by atoms with Crippen LogP contribution in [0.15, 0.2) is 4.99 Å². The second-order valence-corrected chi connectivity index (χ2v) is 9.24. The van der Waals surface area contributed by atoms with Gasteiger partial charge in [0.1, 0.15) is 0 Å². The standard InChI is InChI=1S/C18H36N4O2S/c1-6-19-16(23)18(4,5)13-21-17(20-7-2)22-14-10-9-11-15(12-14)25(24)8-3/h14-15H,6-13H2,1-5H3,(H,19,23)(H2,20,21,22). The molecular formula is C18H36N4O2S. The summed E-state index contributed by atoms with van der Waals surface area (Å²) in [5, 5.41) is 9.89. The Kier molecular flexibility index (Phi) is 9.46. The lowest BCUT2D eigenvalue weighted by atomic mass is 9.92. The quantitative estimate of drug-likeness (QED) is 0.448. The van der Waals surface area contributed by atoms with Crippen LogP contribution in [-0.4, -0.2) is 52.8 Å². The molecule has 146 valence electrons. The lowest BCUT2D eigenvalue weighted by Crippen LogP contribution is -2.47. The SMILES string of the molecule is CCNC(=O)C(C)(C)CN=C(NCC)NC1CCCC(S(=O)CC)C1. The second-order valence-electron chi connectivity index (χ2n) is 7.24. The highest BCUT2D eigenvalue weighted by Crippen LogP contribution is 2.23. The average molecular weight is 373 g/mol. The van der Waals surface area contributed by atoms with Crippen LogP contribution in [0.1, 0.15) is 60.3 Å². The van der Waals surface area contributed by atoms with Crippen LogP contribution in [0.5, 0.6) is 0 Å². The highest BCUT2D eigenvalue weighted by molar-refractivity contribution is 7.85. The molecule has 0 aliphatic heterocycles. The summed E-state index contributed by atoms with van der Waals surface area (Å²) >= 11 is 0. The summed E-state index contributed by atoms with van der Waals surface area (Å²) in [4.78, 5) is 16.8. The summed E-state index contributed by atoms with van der Waals surface area (Å²) < 4.78 is 12.1. The fourth-order valence-corrected chi connectivity index (χ4v) is 4.36. The number of carbonyl (C=O) groups is 1. The monoisotopic (exact) mass is 372 g/mol. The summed E-state index contributed by atoms with van der Waals surface area (Å²) in [5.41, 5.74) is -0.544. The molecule has 0 bridgehead atoms. The van der Waals surface area contributed by atoms with Gasteiger partial charge in [0.2, 0.25) is 5.91 Å². The maximum absolute atomic E-state index is 12.1. The number of rotatable bonds is 8. The van der Waals surface area contributed by atoms with E-state index in [0.717, 1.165) is 43.9 Å². The van der Waals surface area contributed by atoms with Crippen LogP contribution in [0, 0.1) is 5.41 Å². The van der Waals surface area contributed by atoms with E-state index in [-0.39, 0.29) is 11.2 Å². The minimum Gasteiger partial charge on any atom is -0.357 e. The molecule has 3 atom stereocenters. The number of carbonyl (C=O) groups excluding carboxylic acids is 1. The lowest BCUT2D eigenvalue weighted by molar-refractivity contribution is -0.128. The van der Waals surface area contributed by atoms with E-state index in [9.17, 15) is 9.00 Å². The minimum atomic E-state index is -0.732. The molecule has 1 aliphatic carbocycles. The van der Waals surface area contributed by atoms with Gasteiger partial charge >= 0.3 is 0 Å². The molecule has 0 aromatic carbocycles. The third kappa shape index (κ3) is 7.34. The van der Waals surface area contributed by atoms with E-state index in [1.807, 2.05) is 34.6 Å². The Bertz CT molecular complexity index is 480. The third-order valence-electron chi connectivity index (χ3n) is 4.55. The van der Waals surface area contributed by atoms with Gasteiger partial charge in [-0.25, -0.2) is 0 Å². The number of guanidine groups is 1. The van der Waals surface area contributed by atoms with Crippen molar-refractivity contribution in [1.82, 2.24) is 16.0 Å². The minimum absolute atomic E-state index is 0.0191. The summed E-state index contributed by atoms with van der Waals surface area (Å²) in [6.07, 6.45) is 4.14. The number of hydrogen-bond acceptors (Lipinski definition) is 3. The van der Waals surface area contributed by atoms with Gasteiger partial charge in [0, 0.05) is 40.9 Å². The molecule has 0 spiro atoms. The second kappa shape index (κ2) is 10.8. The van der Waals surface area contributed by atoms with Crippen molar-refractivity contribution in [3.63, 3.8) is 0 Å². The molecule has 1 fully saturated rings. The molecule has 0 saturated heterocycles. The topological polar surface area (TPSA) is 82.6 Å². The zero-order chi connectivity index (χ0) is 18.9. The highest BCUT2D eigenvalue weighted by Gasteiger charge is 2.28. The Balaban J connectivity index is 2.69. The maximum Gasteiger partial charge on any atom is 0.227 e. The molecule has 1 amide bonds. The average Bonchev–Trinajstić information content (AvgIpc) is 2.59. The van der Waals surface area contributed by atoms with Crippen LogP contribution in [0.2, 0.25) is 0 Å². The van der Waals surface area contributed by atoms with Gasteiger partial charge in [-0.15, -0.1) is 0 Å². The molecule has 25 heavy (non-hydrogen) atoms. The van der Waals surface area contributed by atoms with E-state index in [4.69, 9.17) is 0 Å². The molecule has 1 aliphatic rings. The van der Waals surface area contributed by atoms with Crippen LogP contribution in [0.3, 0.4) is 0 Å². The first-order valence-electron chi connectivity index (χ1n) is 9.54. The zero-order valence-electron chi connectivity index (χ0n) is 16.5. The van der Waals surface area contributed by atoms with Crippen LogP contribution >= 0.6 is 0 Å². The largest absolute Gasteiger partial charge is 0.357 e. The summed E-state index contributed by atoms with van der Waals surface area (Å²) in [7, 11) is -0.732. The van der Waals surface area contributed by atoms with E-state index >= 15 is 0 Å². The van der Waals surface area contributed by atoms with Gasteiger partial charge in [0.05, 0.1) is 12.0 Å². The predicted octanol–water partition coefficient (Wildman–Crippen LogP) is 1.78. The molecule has 3 unspecified atom stereocenters. The van der Waals surface area contributed by atoms with Gasteiger partial charge in [0.15, 0.2) is 5.96 Å². The van der Waals surface area contributed by atoms with E-state index in [0.29, 0.717) is 19.1 Å². The van der Waals surface area contributed by atoms with Crippen molar-refractivity contribution in [2.24, 2.45) is 10.4 Å². The molecule has 3 N–H and O–H groups in total. The Labute approximate surface area is 155 Å². The molecule has 1 saturated carbocycles. The maximum atomic E-state index is 12.1. The molecule has 6 nitrogen and oxygen atoms in total. The summed E-state index contributed by atoms with van der Waals surface area (Å²) in [6, 6.07) is 0.291. The fraction of sp³-hybridized carbons (Fsp3) is 0.889. The third-order valence-corrected chi connectivity index (χ3v) is 6.29. The van der Waals surface area contributed by atoms with Gasteiger partial charge in [-0.3, -0.25) is 14.0 Å². The Morgan fingerprint density at radius 1 is 1.16 bits per heavy atom. The summed E-state index contributed by atoms with van der Waals surface area (Å²) in [6.45, 7) is 11.6. The van der Waals surface area contributed by atoms with Crippen LogP contribution in [0.25, 0.3) is 0 Å². The highest BCUT2D eigenvalue weighted by atomic mass is 32.2. The molecule has 1 rings (SSSR count). The molecule has 0 heterocycles. The van der Waals surface area contributed by atoms with Crippen molar-refractivity contribution in [1.29, 1.82) is 0 Å². The van der Waals surface area contributed by atoms with Crippen LogP contribution in [0.4, 0.5) is 0 Å². The van der Waals surface area contributed by atoms with Crippen molar-refractivity contribution in [2.75, 3.05) is 25.4 Å². The Morgan fingerprint density at radius 3 is 2.44 bits per heavy atom. The summed E-state index contributed by atoms with van der Waals surface area (Å²) in [5.74, 6) is 1.49. The first-order valence-corrected chi connectivity index (χ1v) is 10.9. The molecular weight excluding hydrogens is 336 g/mol. The molecule has 7 heteroatoms. The van der Waals surface area contributed by atoms with E-state index in [1.165, 1.54) is 0 Å². The van der Waals surface area contributed by atoms with Gasteiger partial charge in [0.25, 0.3) is 0 Å². The van der Waals surface area contributed by atoms with Crippen molar-refractivity contribution >= 4 is 22.7 Å². The molecule has 0 aromatic rings. The van der Waals surface area contributed by atoms with Gasteiger partial charge < -0.3 is 16.0 Å². The Hall–Kier alpha value is -1.11. The van der Waals surface area contributed by atoms with Gasteiger partial charge in [-0.2, -0.15) is 0 Å². The number of nitrogens with zero attached hydrogens (tertiary/aromatic N) is 1. The first-order chi connectivity index (χ1) is 11.8. The van der Waals surface area contributed by atoms with E-state index < -0.39 is 16.2 Å². The fourth-order valence-electron chi connectivity index (χ4n) is 3.01. The smallest absolute Gasteiger partial charge is 0.227 e. The van der Waals surface area contributed by atoms with E-state index in [1.54, 1.807) is 0 Å². The van der Waals surface area contributed by atoms with Crippen molar-refractivity contribution in [2.45, 2.75) is 71.6 Å². The zero-order valence-corrected chi connectivity index (χ0v) is 17.3.